The van der Waals surface area contributed by atoms with Crippen LogP contribution in [0.3, 0.4) is 0 Å². The van der Waals surface area contributed by atoms with E-state index >= 15 is 0 Å². The van der Waals surface area contributed by atoms with E-state index < -0.39 is 0 Å². The van der Waals surface area contributed by atoms with E-state index in [1.165, 1.54) is 0 Å². The van der Waals surface area contributed by atoms with Gasteiger partial charge < -0.3 is 8.98 Å². The fourth-order valence-corrected chi connectivity index (χ4v) is 1.82. The lowest BCUT2D eigenvalue weighted by Crippen LogP contribution is -2.05. The van der Waals surface area contributed by atoms with Crippen LogP contribution in [0.2, 0.25) is 0 Å². The molecular formula is C11H10BrNO2. The van der Waals surface area contributed by atoms with Crippen molar-refractivity contribution in [3.05, 3.63) is 46.6 Å². The topological polar surface area (TPSA) is 35.1 Å². The number of aromatic nitrogens is 1. The Labute approximate surface area is 95.8 Å². The van der Waals surface area contributed by atoms with Crippen molar-refractivity contribution in [2.45, 2.75) is 13.5 Å². The molecule has 4 heteroatoms. The molecule has 0 aliphatic rings. The Morgan fingerprint density at radius 3 is 2.87 bits per heavy atom. The van der Waals surface area contributed by atoms with Crippen molar-refractivity contribution in [1.82, 2.24) is 4.57 Å². The lowest BCUT2D eigenvalue weighted by molar-refractivity contribution is 0.100. The molecule has 0 unspecified atom stereocenters. The van der Waals surface area contributed by atoms with Crippen LogP contribution in [0, 0.1) is 0 Å². The summed E-state index contributed by atoms with van der Waals surface area (Å²) in [5, 5.41) is 0. The minimum atomic E-state index is 0.0608. The van der Waals surface area contributed by atoms with Gasteiger partial charge in [0.05, 0.1) is 12.2 Å². The Morgan fingerprint density at radius 1 is 1.47 bits per heavy atom. The molecule has 78 valence electrons. The van der Waals surface area contributed by atoms with Gasteiger partial charge in [0, 0.05) is 13.1 Å². The zero-order valence-electron chi connectivity index (χ0n) is 8.24. The van der Waals surface area contributed by atoms with E-state index in [0.717, 1.165) is 5.76 Å². The van der Waals surface area contributed by atoms with Gasteiger partial charge in [-0.05, 0) is 40.2 Å². The summed E-state index contributed by atoms with van der Waals surface area (Å²) in [5.41, 5.74) is 0.697. The molecule has 0 bridgehead atoms. The van der Waals surface area contributed by atoms with Gasteiger partial charge in [0.2, 0.25) is 0 Å². The van der Waals surface area contributed by atoms with Crippen molar-refractivity contribution >= 4 is 21.7 Å². The first-order valence-corrected chi connectivity index (χ1v) is 5.36. The van der Waals surface area contributed by atoms with Crippen molar-refractivity contribution in [3.63, 3.8) is 0 Å². The van der Waals surface area contributed by atoms with Crippen LogP contribution >= 0.6 is 15.9 Å². The van der Waals surface area contributed by atoms with Gasteiger partial charge in [-0.1, -0.05) is 0 Å². The third kappa shape index (κ3) is 2.21. The maximum Gasteiger partial charge on any atom is 0.176 e. The Morgan fingerprint density at radius 2 is 2.27 bits per heavy atom. The number of rotatable bonds is 3. The zero-order chi connectivity index (χ0) is 10.8. The molecule has 0 amide bonds. The molecule has 0 saturated carbocycles. The predicted molar refractivity (Wildman–Crippen MR) is 59.9 cm³/mol. The largest absolute Gasteiger partial charge is 0.452 e. The molecule has 0 N–H and O–H groups in total. The van der Waals surface area contributed by atoms with Crippen LogP contribution in [0.25, 0.3) is 0 Å². The molecule has 0 fully saturated rings. The number of Topliss-reactive ketones (excluding diaryl/α,β-unsaturated/α-hetero) is 1. The summed E-state index contributed by atoms with van der Waals surface area (Å²) in [6, 6.07) is 7.38. The van der Waals surface area contributed by atoms with E-state index in [9.17, 15) is 4.79 Å². The SMILES string of the molecule is CC(=O)c1cccn1Cc1ccc(Br)o1. The van der Waals surface area contributed by atoms with Gasteiger partial charge in [-0.15, -0.1) is 0 Å². The van der Waals surface area contributed by atoms with Crippen molar-refractivity contribution in [2.75, 3.05) is 0 Å². The van der Waals surface area contributed by atoms with Crippen LogP contribution in [-0.4, -0.2) is 10.4 Å². The Bertz CT molecular complexity index is 484. The van der Waals surface area contributed by atoms with Crippen molar-refractivity contribution in [3.8, 4) is 0 Å². The summed E-state index contributed by atoms with van der Waals surface area (Å²) < 4.78 is 7.95. The average Bonchev–Trinajstić information content (AvgIpc) is 2.75. The van der Waals surface area contributed by atoms with Crippen molar-refractivity contribution in [2.24, 2.45) is 0 Å². The van der Waals surface area contributed by atoms with Crippen LogP contribution in [0.15, 0.2) is 39.5 Å². The minimum absolute atomic E-state index is 0.0608. The molecule has 0 radical (unpaired) electrons. The Hall–Kier alpha value is -1.29. The number of carbonyl (C=O) groups is 1. The molecule has 15 heavy (non-hydrogen) atoms. The van der Waals surface area contributed by atoms with E-state index in [1.807, 2.05) is 29.0 Å². The lowest BCUT2D eigenvalue weighted by Gasteiger charge is -2.03. The first-order chi connectivity index (χ1) is 7.16. The Kier molecular flexibility index (Phi) is 2.77. The summed E-state index contributed by atoms with van der Waals surface area (Å²) in [4.78, 5) is 11.3. The van der Waals surface area contributed by atoms with Gasteiger partial charge in [-0.3, -0.25) is 4.79 Å². The normalized spacial score (nSPS) is 10.5. The Balaban J connectivity index is 2.24. The van der Waals surface area contributed by atoms with Crippen LogP contribution in [0.1, 0.15) is 23.2 Å². The second kappa shape index (κ2) is 4.06. The molecule has 0 aliphatic carbocycles. The standard InChI is InChI=1S/C11H10BrNO2/c1-8(14)10-3-2-6-13(10)7-9-4-5-11(12)15-9/h2-6H,7H2,1H3. The third-order valence-corrected chi connectivity index (χ3v) is 2.57. The molecule has 2 aromatic rings. The van der Waals surface area contributed by atoms with E-state index in [4.69, 9.17) is 4.42 Å². The molecule has 3 nitrogen and oxygen atoms in total. The summed E-state index contributed by atoms with van der Waals surface area (Å²) in [5.74, 6) is 0.881. The monoisotopic (exact) mass is 267 g/mol. The van der Waals surface area contributed by atoms with Gasteiger partial charge in [-0.25, -0.2) is 0 Å². The maximum absolute atomic E-state index is 11.3. The number of hydrogen-bond acceptors (Lipinski definition) is 2. The number of ketones is 1. The number of hydrogen-bond donors (Lipinski definition) is 0. The van der Waals surface area contributed by atoms with Gasteiger partial charge >= 0.3 is 0 Å². The lowest BCUT2D eigenvalue weighted by atomic mass is 10.3. The first kappa shape index (κ1) is 10.2. The summed E-state index contributed by atoms with van der Waals surface area (Å²) in [6.45, 7) is 2.14. The quantitative estimate of drug-likeness (QED) is 0.802. The maximum atomic E-state index is 11.3. The van der Waals surface area contributed by atoms with Crippen molar-refractivity contribution < 1.29 is 9.21 Å². The molecule has 0 aromatic carbocycles. The molecule has 0 spiro atoms. The highest BCUT2D eigenvalue weighted by atomic mass is 79.9. The molecule has 0 aliphatic heterocycles. The fraction of sp³-hybridized carbons (Fsp3) is 0.182. The van der Waals surface area contributed by atoms with Crippen LogP contribution in [0.5, 0.6) is 0 Å². The molecule has 2 heterocycles. The molecule has 0 atom stereocenters. The van der Waals surface area contributed by atoms with Crippen LogP contribution in [-0.2, 0) is 6.54 Å². The van der Waals surface area contributed by atoms with Gasteiger partial charge in [0.15, 0.2) is 10.5 Å². The fourth-order valence-electron chi connectivity index (χ4n) is 1.48. The van der Waals surface area contributed by atoms with E-state index in [0.29, 0.717) is 16.9 Å². The minimum Gasteiger partial charge on any atom is -0.452 e. The summed E-state index contributed by atoms with van der Waals surface area (Å²) >= 11 is 3.24. The zero-order valence-corrected chi connectivity index (χ0v) is 9.82. The smallest absolute Gasteiger partial charge is 0.176 e. The molecule has 2 aromatic heterocycles. The van der Waals surface area contributed by atoms with Gasteiger partial charge in [0.25, 0.3) is 0 Å². The van der Waals surface area contributed by atoms with E-state index in [-0.39, 0.29) is 5.78 Å². The molecule has 0 saturated heterocycles. The third-order valence-electron chi connectivity index (χ3n) is 2.15. The number of halogens is 1. The summed E-state index contributed by atoms with van der Waals surface area (Å²) in [7, 11) is 0. The molecule has 2 rings (SSSR count). The highest BCUT2D eigenvalue weighted by Gasteiger charge is 2.07. The molecular weight excluding hydrogens is 258 g/mol. The second-order valence-corrected chi connectivity index (χ2v) is 4.06. The highest BCUT2D eigenvalue weighted by molar-refractivity contribution is 9.10. The van der Waals surface area contributed by atoms with E-state index in [1.54, 1.807) is 13.0 Å². The van der Waals surface area contributed by atoms with Crippen LogP contribution in [0.4, 0.5) is 0 Å². The van der Waals surface area contributed by atoms with Gasteiger partial charge in [0.1, 0.15) is 5.76 Å². The summed E-state index contributed by atoms with van der Waals surface area (Å²) in [6.07, 6.45) is 1.87. The predicted octanol–water partition coefficient (Wildman–Crippen LogP) is 3.09. The van der Waals surface area contributed by atoms with Crippen LogP contribution < -0.4 is 0 Å². The number of furan rings is 1. The van der Waals surface area contributed by atoms with E-state index in [2.05, 4.69) is 15.9 Å². The van der Waals surface area contributed by atoms with Gasteiger partial charge in [-0.2, -0.15) is 0 Å². The number of nitrogens with zero attached hydrogens (tertiary/aromatic N) is 1. The number of carbonyl (C=O) groups excluding carboxylic acids is 1. The second-order valence-electron chi connectivity index (χ2n) is 3.28. The highest BCUT2D eigenvalue weighted by Crippen LogP contribution is 2.16. The average molecular weight is 268 g/mol. The van der Waals surface area contributed by atoms with Crippen molar-refractivity contribution in [1.29, 1.82) is 0 Å². The first-order valence-electron chi connectivity index (χ1n) is 4.57.